The minimum Gasteiger partial charge on any atom is -0.493 e. The van der Waals surface area contributed by atoms with E-state index < -0.39 is 0 Å². The van der Waals surface area contributed by atoms with Crippen molar-refractivity contribution in [3.05, 3.63) is 28.3 Å². The summed E-state index contributed by atoms with van der Waals surface area (Å²) < 4.78 is 5.78. The van der Waals surface area contributed by atoms with Crippen LogP contribution in [0, 0.1) is 0 Å². The molecule has 1 aliphatic heterocycles. The van der Waals surface area contributed by atoms with Crippen molar-refractivity contribution >= 4 is 11.6 Å². The molecule has 1 aromatic carbocycles. The van der Waals surface area contributed by atoms with E-state index in [4.69, 9.17) is 16.3 Å². The highest BCUT2D eigenvalue weighted by molar-refractivity contribution is 6.31. The first-order valence-electron chi connectivity index (χ1n) is 5.45. The van der Waals surface area contributed by atoms with E-state index in [9.17, 15) is 0 Å². The van der Waals surface area contributed by atoms with Crippen LogP contribution in [0.1, 0.15) is 38.3 Å². The molecule has 0 amide bonds. The highest BCUT2D eigenvalue weighted by Crippen LogP contribution is 2.39. The zero-order chi connectivity index (χ0) is 11.1. The number of benzene rings is 1. The van der Waals surface area contributed by atoms with Gasteiger partial charge in [-0.2, -0.15) is 0 Å². The summed E-state index contributed by atoms with van der Waals surface area (Å²) in [7, 11) is 0. The molecular weight excluding hydrogens is 208 g/mol. The zero-order valence-corrected chi connectivity index (χ0v) is 10.3. The summed E-state index contributed by atoms with van der Waals surface area (Å²) in [5.41, 5.74) is 2.57. The van der Waals surface area contributed by atoms with Gasteiger partial charge in [0.2, 0.25) is 0 Å². The molecule has 0 fully saturated rings. The number of halogens is 1. The Morgan fingerprint density at radius 3 is 2.67 bits per heavy atom. The van der Waals surface area contributed by atoms with Gasteiger partial charge in [0.05, 0.1) is 6.61 Å². The van der Waals surface area contributed by atoms with E-state index in [1.54, 1.807) is 0 Å². The van der Waals surface area contributed by atoms with Gasteiger partial charge in [-0.15, -0.1) is 0 Å². The average Bonchev–Trinajstić information content (AvgIpc) is 2.17. The maximum Gasteiger partial charge on any atom is 0.127 e. The lowest BCUT2D eigenvalue weighted by atomic mass is 9.84. The van der Waals surface area contributed by atoms with Crippen LogP contribution in [-0.4, -0.2) is 6.61 Å². The van der Waals surface area contributed by atoms with Crippen molar-refractivity contribution in [1.29, 1.82) is 0 Å². The molecule has 0 aromatic heterocycles. The lowest BCUT2D eigenvalue weighted by molar-refractivity contribution is 0.280. The predicted molar refractivity (Wildman–Crippen MR) is 64.0 cm³/mol. The molecule has 1 aliphatic rings. The fourth-order valence-corrected chi connectivity index (χ4v) is 2.26. The van der Waals surface area contributed by atoms with E-state index >= 15 is 0 Å². The van der Waals surface area contributed by atoms with Crippen LogP contribution in [0.5, 0.6) is 5.75 Å². The summed E-state index contributed by atoms with van der Waals surface area (Å²) in [6, 6.07) is 4.09. The number of hydrogen-bond acceptors (Lipinski definition) is 1. The predicted octanol–water partition coefficient (Wildman–Crippen LogP) is 3.96. The Hall–Kier alpha value is -0.690. The van der Waals surface area contributed by atoms with Crippen molar-refractivity contribution in [1.82, 2.24) is 0 Å². The normalized spacial score (nSPS) is 15.7. The molecule has 1 heterocycles. The van der Waals surface area contributed by atoms with Gasteiger partial charge in [-0.3, -0.25) is 0 Å². The zero-order valence-electron chi connectivity index (χ0n) is 9.56. The van der Waals surface area contributed by atoms with Crippen LogP contribution in [0.25, 0.3) is 0 Å². The Labute approximate surface area is 96.4 Å². The average molecular weight is 225 g/mol. The van der Waals surface area contributed by atoms with Crippen LogP contribution in [0.4, 0.5) is 0 Å². The first kappa shape index (κ1) is 10.8. The first-order valence-corrected chi connectivity index (χ1v) is 5.82. The van der Waals surface area contributed by atoms with Crippen molar-refractivity contribution in [3.63, 3.8) is 0 Å². The second-order valence-electron chi connectivity index (χ2n) is 5.10. The molecule has 2 heteroatoms. The Morgan fingerprint density at radius 1 is 1.27 bits per heavy atom. The second-order valence-corrected chi connectivity index (χ2v) is 5.51. The first-order chi connectivity index (χ1) is 7.00. The van der Waals surface area contributed by atoms with Gasteiger partial charge in [0, 0.05) is 10.6 Å². The number of hydrogen-bond donors (Lipinski definition) is 0. The monoisotopic (exact) mass is 224 g/mol. The third-order valence-electron chi connectivity index (χ3n) is 2.83. The van der Waals surface area contributed by atoms with Crippen molar-refractivity contribution in [2.24, 2.45) is 0 Å². The van der Waals surface area contributed by atoms with Gasteiger partial charge in [-0.1, -0.05) is 38.4 Å². The highest BCUT2D eigenvalue weighted by atomic mass is 35.5. The Balaban J connectivity index is 2.58. The molecule has 0 radical (unpaired) electrons. The van der Waals surface area contributed by atoms with E-state index in [2.05, 4.69) is 26.8 Å². The van der Waals surface area contributed by atoms with Crippen molar-refractivity contribution in [3.8, 4) is 5.75 Å². The smallest absolute Gasteiger partial charge is 0.127 e. The Kier molecular flexibility index (Phi) is 2.68. The summed E-state index contributed by atoms with van der Waals surface area (Å²) in [6.45, 7) is 7.42. The molecule has 2 rings (SSSR count). The molecule has 15 heavy (non-hydrogen) atoms. The third kappa shape index (κ3) is 1.98. The summed E-state index contributed by atoms with van der Waals surface area (Å²) in [5.74, 6) is 1.03. The van der Waals surface area contributed by atoms with Crippen LogP contribution in [0.15, 0.2) is 12.1 Å². The molecule has 82 valence electrons. The molecule has 0 spiro atoms. The molecule has 0 saturated carbocycles. The topological polar surface area (TPSA) is 9.23 Å². The lowest BCUT2D eigenvalue weighted by Crippen LogP contribution is -2.18. The molecule has 0 atom stereocenters. The van der Waals surface area contributed by atoms with Gasteiger partial charge in [-0.25, -0.2) is 0 Å². The largest absolute Gasteiger partial charge is 0.493 e. The number of ether oxygens (including phenoxy) is 1. The number of rotatable bonds is 0. The van der Waals surface area contributed by atoms with Crippen LogP contribution < -0.4 is 4.74 Å². The van der Waals surface area contributed by atoms with E-state index in [-0.39, 0.29) is 5.41 Å². The molecule has 0 N–H and O–H groups in total. The van der Waals surface area contributed by atoms with E-state index in [0.29, 0.717) is 0 Å². The SMILES string of the molecule is CC(C)(C)c1ccc(Cl)c2c1OCCC2. The molecular formula is C13H17ClO. The fourth-order valence-electron chi connectivity index (χ4n) is 2.02. The maximum atomic E-state index is 6.18. The summed E-state index contributed by atoms with van der Waals surface area (Å²) in [5, 5.41) is 0.845. The summed E-state index contributed by atoms with van der Waals surface area (Å²) >= 11 is 6.18. The van der Waals surface area contributed by atoms with Gasteiger partial charge < -0.3 is 4.74 Å². The maximum absolute atomic E-state index is 6.18. The van der Waals surface area contributed by atoms with Crippen molar-refractivity contribution in [2.45, 2.75) is 39.0 Å². The molecule has 1 nitrogen and oxygen atoms in total. The number of fused-ring (bicyclic) bond motifs is 1. The standard InChI is InChI=1S/C13H17ClO/c1-13(2,3)10-6-7-11(14)9-5-4-8-15-12(9)10/h6-7H,4-5,8H2,1-3H3. The van der Waals surface area contributed by atoms with Gasteiger partial charge >= 0.3 is 0 Å². The summed E-state index contributed by atoms with van der Waals surface area (Å²) in [4.78, 5) is 0. The van der Waals surface area contributed by atoms with Gasteiger partial charge in [0.1, 0.15) is 5.75 Å². The molecule has 0 unspecified atom stereocenters. The van der Waals surface area contributed by atoms with Gasteiger partial charge in [0.15, 0.2) is 0 Å². The van der Waals surface area contributed by atoms with Crippen LogP contribution >= 0.6 is 11.6 Å². The molecule has 0 aliphatic carbocycles. The van der Waals surface area contributed by atoms with E-state index in [1.165, 1.54) is 11.1 Å². The summed E-state index contributed by atoms with van der Waals surface area (Å²) in [6.07, 6.45) is 2.11. The second kappa shape index (κ2) is 3.71. The molecule has 0 bridgehead atoms. The van der Waals surface area contributed by atoms with Gasteiger partial charge in [0.25, 0.3) is 0 Å². The van der Waals surface area contributed by atoms with E-state index in [0.717, 1.165) is 30.2 Å². The molecule has 1 aromatic rings. The molecule has 0 saturated heterocycles. The Morgan fingerprint density at radius 2 is 2.00 bits per heavy atom. The third-order valence-corrected chi connectivity index (χ3v) is 3.18. The quantitative estimate of drug-likeness (QED) is 0.648. The minimum atomic E-state index is 0.117. The van der Waals surface area contributed by atoms with Crippen molar-refractivity contribution < 1.29 is 4.74 Å². The highest BCUT2D eigenvalue weighted by Gasteiger charge is 2.24. The fraction of sp³-hybridized carbons (Fsp3) is 0.538. The van der Waals surface area contributed by atoms with E-state index in [1.807, 2.05) is 6.07 Å². The van der Waals surface area contributed by atoms with Crippen LogP contribution in [0.3, 0.4) is 0 Å². The Bertz CT molecular complexity index is 377. The van der Waals surface area contributed by atoms with Gasteiger partial charge in [-0.05, 0) is 29.9 Å². The minimum absolute atomic E-state index is 0.117. The van der Waals surface area contributed by atoms with Crippen molar-refractivity contribution in [2.75, 3.05) is 6.61 Å². The lowest BCUT2D eigenvalue weighted by Gasteiger charge is -2.28. The van der Waals surface area contributed by atoms with Crippen LogP contribution in [-0.2, 0) is 11.8 Å². The van der Waals surface area contributed by atoms with Crippen LogP contribution in [0.2, 0.25) is 5.02 Å².